The van der Waals surface area contributed by atoms with E-state index >= 15 is 0 Å². The standard InChI is InChI=1S/C32H64N2O5Si2/c1-17-29(9)21-27(23(5)31(11,19-3)33(29)25(7)35)37-40(13,14)39-41(15,16)38-28-22-30(10,18-2)34(26(8)36)32(12,20-4)24(28)6/h23-24,27-28H,17-22H2,1-16H3. The number of rotatable bonds is 10. The van der Waals surface area contributed by atoms with Crippen LogP contribution in [0.1, 0.15) is 122 Å². The van der Waals surface area contributed by atoms with Gasteiger partial charge < -0.3 is 22.8 Å². The maximum Gasteiger partial charge on any atom is 0.323 e. The molecule has 0 aromatic carbocycles. The average Bonchev–Trinajstić information content (AvgIpc) is 2.83. The van der Waals surface area contributed by atoms with Gasteiger partial charge in [-0.15, -0.1) is 0 Å². The Morgan fingerprint density at radius 2 is 0.951 bits per heavy atom. The number of nitrogens with zero attached hydrogens (tertiary/aromatic N) is 2. The van der Waals surface area contributed by atoms with Crippen molar-refractivity contribution in [1.29, 1.82) is 0 Å². The number of carbonyl (C=O) groups is 2. The molecule has 8 atom stereocenters. The highest BCUT2D eigenvalue weighted by atomic mass is 28.5. The number of hydrogen-bond acceptors (Lipinski definition) is 5. The van der Waals surface area contributed by atoms with E-state index < -0.39 is 17.1 Å². The summed E-state index contributed by atoms with van der Waals surface area (Å²) in [6, 6.07) is 0. The van der Waals surface area contributed by atoms with Crippen LogP contribution in [0.2, 0.25) is 26.2 Å². The van der Waals surface area contributed by atoms with Crippen molar-refractivity contribution in [3.63, 3.8) is 0 Å². The lowest BCUT2D eigenvalue weighted by Gasteiger charge is -2.61. The van der Waals surface area contributed by atoms with Gasteiger partial charge in [0.2, 0.25) is 11.8 Å². The molecule has 0 N–H and O–H groups in total. The van der Waals surface area contributed by atoms with Crippen molar-refractivity contribution in [2.45, 2.75) is 182 Å². The molecular formula is C32H64N2O5Si2. The quantitative estimate of drug-likeness (QED) is 0.237. The molecular weight excluding hydrogens is 549 g/mol. The molecule has 0 aromatic rings. The lowest BCUT2D eigenvalue weighted by molar-refractivity contribution is -0.167. The Hall–Kier alpha value is -0.746. The minimum Gasteiger partial charge on any atom is -0.415 e. The Balaban J connectivity index is 2.32. The van der Waals surface area contributed by atoms with Gasteiger partial charge in [-0.25, -0.2) is 0 Å². The van der Waals surface area contributed by atoms with Crippen molar-refractivity contribution in [3.05, 3.63) is 0 Å². The second-order valence-electron chi connectivity index (χ2n) is 15.0. The molecule has 8 unspecified atom stereocenters. The van der Waals surface area contributed by atoms with Crippen LogP contribution in [0.25, 0.3) is 0 Å². The van der Waals surface area contributed by atoms with E-state index in [1.54, 1.807) is 13.8 Å². The Morgan fingerprint density at radius 3 is 1.17 bits per heavy atom. The minimum absolute atomic E-state index is 0.00328. The summed E-state index contributed by atoms with van der Waals surface area (Å²) in [5, 5.41) is 0. The monoisotopic (exact) mass is 612 g/mol. The van der Waals surface area contributed by atoms with Gasteiger partial charge in [0.25, 0.3) is 0 Å². The SMILES string of the molecule is CCC1(C)CC(O[Si](C)(C)O[Si](C)(C)OC2CC(C)(CC)N(C(C)=O)C(C)(CC)C2C)C(C)C(C)(CC)N1C(C)=O. The molecule has 2 saturated heterocycles. The molecule has 2 aliphatic heterocycles. The maximum atomic E-state index is 12.9. The van der Waals surface area contributed by atoms with Crippen molar-refractivity contribution in [2.24, 2.45) is 11.8 Å². The molecule has 0 spiro atoms. The third-order valence-electron chi connectivity index (χ3n) is 11.4. The molecule has 7 nitrogen and oxygen atoms in total. The zero-order valence-electron chi connectivity index (χ0n) is 29.5. The fourth-order valence-corrected chi connectivity index (χ4v) is 15.7. The fourth-order valence-electron chi connectivity index (χ4n) is 8.55. The van der Waals surface area contributed by atoms with Gasteiger partial charge in [0, 0.05) is 47.8 Å². The van der Waals surface area contributed by atoms with Gasteiger partial charge in [0.05, 0.1) is 12.2 Å². The Labute approximate surface area is 254 Å². The highest BCUT2D eigenvalue weighted by Gasteiger charge is 2.57. The first-order valence-corrected chi connectivity index (χ1v) is 21.8. The summed E-state index contributed by atoms with van der Waals surface area (Å²) in [4.78, 5) is 30.1. The molecule has 41 heavy (non-hydrogen) atoms. The van der Waals surface area contributed by atoms with Gasteiger partial charge in [-0.2, -0.15) is 0 Å². The van der Waals surface area contributed by atoms with E-state index in [-0.39, 0.29) is 58.0 Å². The Bertz CT molecular complexity index is 888. The maximum absolute atomic E-state index is 12.9. The van der Waals surface area contributed by atoms with Gasteiger partial charge in [0.1, 0.15) is 0 Å². The van der Waals surface area contributed by atoms with Gasteiger partial charge in [-0.1, -0.05) is 41.5 Å². The van der Waals surface area contributed by atoms with Crippen LogP contribution in [0.5, 0.6) is 0 Å². The predicted octanol–water partition coefficient (Wildman–Crippen LogP) is 7.63. The van der Waals surface area contributed by atoms with E-state index in [9.17, 15) is 9.59 Å². The lowest BCUT2D eigenvalue weighted by atomic mass is 9.68. The fraction of sp³-hybridized carbons (Fsp3) is 0.938. The molecule has 240 valence electrons. The second kappa shape index (κ2) is 12.3. The van der Waals surface area contributed by atoms with Crippen molar-refractivity contribution in [2.75, 3.05) is 0 Å². The normalized spacial score (nSPS) is 38.7. The summed E-state index contributed by atoms with van der Waals surface area (Å²) in [6.07, 6.45) is 5.10. The number of amides is 2. The van der Waals surface area contributed by atoms with Crippen molar-refractivity contribution in [3.8, 4) is 0 Å². The van der Waals surface area contributed by atoms with Crippen molar-refractivity contribution < 1.29 is 22.6 Å². The van der Waals surface area contributed by atoms with E-state index in [1.165, 1.54) is 0 Å². The number of carbonyl (C=O) groups excluding carboxylic acids is 2. The van der Waals surface area contributed by atoms with Gasteiger partial charge in [0.15, 0.2) is 0 Å². The van der Waals surface area contributed by atoms with Crippen LogP contribution < -0.4 is 0 Å². The van der Waals surface area contributed by atoms with E-state index in [0.717, 1.165) is 38.5 Å². The molecule has 0 saturated carbocycles. The topological polar surface area (TPSA) is 68.3 Å². The van der Waals surface area contributed by atoms with E-state index in [1.807, 2.05) is 0 Å². The highest BCUT2D eigenvalue weighted by molar-refractivity contribution is 6.78. The first-order chi connectivity index (χ1) is 18.5. The van der Waals surface area contributed by atoms with Crippen molar-refractivity contribution in [1.82, 2.24) is 9.80 Å². The summed E-state index contributed by atoms with van der Waals surface area (Å²) in [6.45, 7) is 34.1. The van der Waals surface area contributed by atoms with Crippen molar-refractivity contribution >= 4 is 28.9 Å². The third kappa shape index (κ3) is 6.84. The molecule has 0 aromatic heterocycles. The summed E-state index contributed by atoms with van der Waals surface area (Å²) in [5.74, 6) is 0.621. The first-order valence-electron chi connectivity index (χ1n) is 16.2. The number of hydrogen-bond donors (Lipinski definition) is 0. The third-order valence-corrected chi connectivity index (χ3v) is 17.1. The zero-order chi connectivity index (χ0) is 32.0. The molecule has 2 aliphatic rings. The molecule has 2 fully saturated rings. The van der Waals surface area contributed by atoms with Gasteiger partial charge in [-0.05, 0) is 92.4 Å². The molecule has 2 amide bonds. The van der Waals surface area contributed by atoms with Crippen LogP contribution in [0.3, 0.4) is 0 Å². The van der Waals surface area contributed by atoms with Gasteiger partial charge >= 0.3 is 17.1 Å². The summed E-state index contributed by atoms with van der Waals surface area (Å²) in [5.41, 5.74) is -1.11. The average molecular weight is 613 g/mol. The van der Waals surface area contributed by atoms with Gasteiger partial charge in [-0.3, -0.25) is 9.59 Å². The van der Waals surface area contributed by atoms with Crippen LogP contribution in [-0.4, -0.2) is 73.1 Å². The molecule has 0 aliphatic carbocycles. The summed E-state index contributed by atoms with van der Waals surface area (Å²) < 4.78 is 21.0. The van der Waals surface area contributed by atoms with Crippen LogP contribution in [0.15, 0.2) is 0 Å². The number of piperidine rings is 2. The van der Waals surface area contributed by atoms with Crippen LogP contribution in [0.4, 0.5) is 0 Å². The molecule has 0 radical (unpaired) electrons. The minimum atomic E-state index is -2.62. The van der Waals surface area contributed by atoms with Crippen LogP contribution in [-0.2, 0) is 22.6 Å². The smallest absolute Gasteiger partial charge is 0.323 e. The Kier molecular flexibility index (Phi) is 11.0. The Morgan fingerprint density at radius 1 is 0.659 bits per heavy atom. The molecule has 2 rings (SSSR count). The van der Waals surface area contributed by atoms with E-state index in [4.69, 9.17) is 13.0 Å². The first kappa shape index (κ1) is 36.4. The number of likely N-dealkylation sites (tertiary alicyclic amines) is 2. The lowest BCUT2D eigenvalue weighted by Crippen LogP contribution is -2.70. The van der Waals surface area contributed by atoms with Crippen LogP contribution >= 0.6 is 0 Å². The largest absolute Gasteiger partial charge is 0.415 e. The summed E-state index contributed by atoms with van der Waals surface area (Å²) in [7, 11) is -5.25. The predicted molar refractivity (Wildman–Crippen MR) is 173 cm³/mol. The molecule has 0 bridgehead atoms. The molecule has 9 heteroatoms. The highest BCUT2D eigenvalue weighted by Crippen LogP contribution is 2.49. The second-order valence-corrected chi connectivity index (χ2v) is 21.9. The van der Waals surface area contributed by atoms with E-state index in [0.29, 0.717) is 0 Å². The zero-order valence-corrected chi connectivity index (χ0v) is 31.5. The molecule has 2 heterocycles. The summed E-state index contributed by atoms with van der Waals surface area (Å²) >= 11 is 0. The van der Waals surface area contributed by atoms with Crippen LogP contribution in [0, 0.1) is 11.8 Å². The van der Waals surface area contributed by atoms with E-state index in [2.05, 4.69) is 105 Å².